The number of hydrogen-bond acceptors (Lipinski definition) is 4. The van der Waals surface area contributed by atoms with Gasteiger partial charge >= 0.3 is 11.6 Å². The minimum absolute atomic E-state index is 0. The Bertz CT molecular complexity index is 388. The van der Waals surface area contributed by atoms with E-state index in [1.807, 2.05) is 0 Å². The van der Waals surface area contributed by atoms with Crippen LogP contribution in [0.2, 0.25) is 0 Å². The van der Waals surface area contributed by atoms with Crippen LogP contribution in [-0.4, -0.2) is 58.2 Å². The molecule has 0 radical (unpaired) electrons. The van der Waals surface area contributed by atoms with Gasteiger partial charge in [0.1, 0.15) is 0 Å². The summed E-state index contributed by atoms with van der Waals surface area (Å²) in [5.74, 6) is -1.72. The van der Waals surface area contributed by atoms with Gasteiger partial charge in [0.05, 0.1) is 13.1 Å². The zero-order chi connectivity index (χ0) is 15.7. The molecule has 0 spiro atoms. The Labute approximate surface area is 134 Å². The van der Waals surface area contributed by atoms with Crippen molar-refractivity contribution in [2.75, 3.05) is 13.1 Å². The number of carbonyl (C=O) groups is 2. The number of aliphatic imine (C=N–C) groups is 2. The van der Waals surface area contributed by atoms with E-state index in [9.17, 15) is 19.2 Å². The number of carbonyl (C=O) groups excluding carboxylic acids is 4. The maximum Gasteiger partial charge on any atom is 0.305 e. The van der Waals surface area contributed by atoms with E-state index in [1.54, 1.807) is 0 Å². The van der Waals surface area contributed by atoms with E-state index in [2.05, 4.69) is 9.98 Å². The molecule has 0 amide bonds. The van der Waals surface area contributed by atoms with Crippen molar-refractivity contribution in [3.05, 3.63) is 0 Å². The molecule has 0 saturated carbocycles. The molecule has 0 aliphatic carbocycles. The molecule has 0 aromatic carbocycles. The molecule has 2 atom stereocenters. The Morgan fingerprint density at radius 2 is 1.14 bits per heavy atom. The molecule has 0 fully saturated rings. The molecule has 2 N–H and O–H groups in total. The molecule has 21 heavy (non-hydrogen) atoms. The minimum Gasteiger partial charge on any atom is -0.299 e. The van der Waals surface area contributed by atoms with Gasteiger partial charge in [-0.25, -0.2) is 0 Å². The molecular formula is C14H22N2NiO4+2. The second-order valence-electron chi connectivity index (χ2n) is 4.57. The topological polar surface area (TPSA) is 102 Å². The van der Waals surface area contributed by atoms with Gasteiger partial charge in [0, 0.05) is 42.8 Å². The Balaban J connectivity index is 0. The summed E-state index contributed by atoms with van der Waals surface area (Å²) in [6.07, 6.45) is 2.78. The fraction of sp³-hybridized carbons (Fsp3) is 0.571. The average molecular weight is 341 g/mol. The Morgan fingerprint density at radius 3 is 1.33 bits per heavy atom. The standard InChI is InChI=1S/C14H20N2O4.Ni/c1-9(17)13(10(2)18)7-15-5-6-16-8-14(11(3)19)12(4)20;/h7-8,13-14H,5-6H2,1-4H3;/p+2. The van der Waals surface area contributed by atoms with E-state index in [1.165, 1.54) is 40.1 Å². The van der Waals surface area contributed by atoms with E-state index in [4.69, 9.17) is 0 Å². The molecule has 0 aromatic rings. The predicted molar refractivity (Wildman–Crippen MR) is 80.3 cm³/mol. The van der Waals surface area contributed by atoms with Crippen molar-refractivity contribution in [2.24, 2.45) is 21.8 Å². The average Bonchev–Trinajstić information content (AvgIpc) is 2.30. The number of nitrogens with zero attached hydrogens (tertiary/aromatic N) is 2. The number of Topliss-reactive ketones (excluding diaryl/α,β-unsaturated/α-hetero) is 2. The number of ketones is 4. The Hall–Kier alpha value is -1.49. The van der Waals surface area contributed by atoms with E-state index < -0.39 is 11.8 Å². The van der Waals surface area contributed by atoms with Gasteiger partial charge in [-0.2, -0.15) is 0 Å². The summed E-state index contributed by atoms with van der Waals surface area (Å²) in [5.41, 5.74) is 0. The number of rotatable bonds is 9. The van der Waals surface area contributed by atoms with Crippen molar-refractivity contribution in [1.29, 1.82) is 0 Å². The van der Waals surface area contributed by atoms with Gasteiger partial charge in [-0.05, 0) is 13.8 Å². The van der Waals surface area contributed by atoms with Crippen LogP contribution in [0.25, 0.3) is 0 Å². The zero-order valence-corrected chi connectivity index (χ0v) is 13.6. The molecule has 0 bridgehead atoms. The molecule has 0 aliphatic heterocycles. The first kappa shape index (κ1) is 21.8. The van der Waals surface area contributed by atoms with Crippen LogP contribution in [0, 0.1) is 11.8 Å². The van der Waals surface area contributed by atoms with E-state index in [-0.39, 0.29) is 39.6 Å². The van der Waals surface area contributed by atoms with E-state index in [0.29, 0.717) is 13.1 Å². The molecule has 0 heterocycles. The molecule has 120 valence electrons. The third-order valence-electron chi connectivity index (χ3n) is 2.64. The summed E-state index contributed by atoms with van der Waals surface area (Å²) in [6, 6.07) is 0. The van der Waals surface area contributed by atoms with Crippen LogP contribution in [0.4, 0.5) is 0 Å². The van der Waals surface area contributed by atoms with Crippen LogP contribution in [0.15, 0.2) is 9.98 Å². The Morgan fingerprint density at radius 1 is 0.857 bits per heavy atom. The maximum atomic E-state index is 11.2. The van der Waals surface area contributed by atoms with Gasteiger partial charge in [0.25, 0.3) is 0 Å². The van der Waals surface area contributed by atoms with Gasteiger partial charge in [-0.1, -0.05) is 0 Å². The van der Waals surface area contributed by atoms with Crippen molar-refractivity contribution < 1.29 is 35.7 Å². The fourth-order valence-electron chi connectivity index (χ4n) is 1.49. The molecule has 0 rings (SSSR count). The summed E-state index contributed by atoms with van der Waals surface area (Å²) in [6.45, 7) is 6.34. The van der Waals surface area contributed by atoms with Crippen molar-refractivity contribution >= 4 is 35.6 Å². The SMILES string of the molecule is CC(=O)C(C=NCCN=CC(C(C)=O)C(C)=[OH+])C(C)=[OH+].[Ni]. The van der Waals surface area contributed by atoms with Crippen LogP contribution < -0.4 is 0 Å². The summed E-state index contributed by atoms with van der Waals surface area (Å²) >= 11 is 0. The first-order valence-electron chi connectivity index (χ1n) is 6.33. The second-order valence-corrected chi connectivity index (χ2v) is 4.57. The molecule has 7 heteroatoms. The van der Waals surface area contributed by atoms with Gasteiger partial charge in [-0.3, -0.25) is 29.2 Å². The van der Waals surface area contributed by atoms with Crippen molar-refractivity contribution in [2.45, 2.75) is 27.7 Å². The Kier molecular flexibility index (Phi) is 11.6. The zero-order valence-electron chi connectivity index (χ0n) is 12.6. The van der Waals surface area contributed by atoms with Crippen LogP contribution in [-0.2, 0) is 26.1 Å². The van der Waals surface area contributed by atoms with Crippen LogP contribution >= 0.6 is 0 Å². The first-order chi connectivity index (χ1) is 9.27. The predicted octanol–water partition coefficient (Wildman–Crippen LogP) is 0.666. The minimum atomic E-state index is -0.683. The van der Waals surface area contributed by atoms with Crippen LogP contribution in [0.1, 0.15) is 27.7 Å². The van der Waals surface area contributed by atoms with Gasteiger partial charge < -0.3 is 0 Å². The fourth-order valence-corrected chi connectivity index (χ4v) is 1.49. The smallest absolute Gasteiger partial charge is 0.299 e. The summed E-state index contributed by atoms with van der Waals surface area (Å²) < 4.78 is 0. The number of hydrogen-bond donors (Lipinski definition) is 0. The van der Waals surface area contributed by atoms with Crippen LogP contribution in [0.3, 0.4) is 0 Å². The third-order valence-corrected chi connectivity index (χ3v) is 2.64. The third kappa shape index (κ3) is 9.13. The normalized spacial score (nSPS) is 13.7. The molecule has 0 aromatic heterocycles. The summed E-state index contributed by atoms with van der Waals surface area (Å²) in [7, 11) is 0. The molecule has 2 unspecified atom stereocenters. The maximum absolute atomic E-state index is 11.2. The molecular weight excluding hydrogens is 319 g/mol. The van der Waals surface area contributed by atoms with E-state index in [0.717, 1.165) is 0 Å². The van der Waals surface area contributed by atoms with Gasteiger partial charge in [0.15, 0.2) is 23.4 Å². The van der Waals surface area contributed by atoms with Crippen LogP contribution in [0.5, 0.6) is 0 Å². The largest absolute Gasteiger partial charge is 0.305 e. The molecule has 0 saturated heterocycles. The monoisotopic (exact) mass is 340 g/mol. The molecule has 6 nitrogen and oxygen atoms in total. The molecule has 0 aliphatic rings. The van der Waals surface area contributed by atoms with Gasteiger partial charge in [0.2, 0.25) is 0 Å². The quantitative estimate of drug-likeness (QED) is 0.202. The second kappa shape index (κ2) is 11.2. The summed E-state index contributed by atoms with van der Waals surface area (Å²) in [5, 5.41) is 0. The van der Waals surface area contributed by atoms with E-state index >= 15 is 0 Å². The van der Waals surface area contributed by atoms with Crippen molar-refractivity contribution in [1.82, 2.24) is 0 Å². The summed E-state index contributed by atoms with van der Waals surface area (Å²) in [4.78, 5) is 48.9. The first-order valence-corrected chi connectivity index (χ1v) is 6.33. The van der Waals surface area contributed by atoms with Crippen molar-refractivity contribution in [3.8, 4) is 0 Å². The van der Waals surface area contributed by atoms with Gasteiger partial charge in [-0.15, -0.1) is 0 Å². The van der Waals surface area contributed by atoms with Crippen molar-refractivity contribution in [3.63, 3.8) is 0 Å².